The van der Waals surface area contributed by atoms with Gasteiger partial charge in [-0.1, -0.05) is 0 Å². The van der Waals surface area contributed by atoms with Gasteiger partial charge in [0.2, 0.25) is 5.91 Å². The van der Waals surface area contributed by atoms with Crippen LogP contribution in [0.2, 0.25) is 0 Å². The smallest absolute Gasteiger partial charge is 0.394 e. The van der Waals surface area contributed by atoms with E-state index in [1.165, 1.54) is 12.1 Å². The van der Waals surface area contributed by atoms with Crippen LogP contribution in [0.3, 0.4) is 0 Å². The summed E-state index contributed by atoms with van der Waals surface area (Å²) in [5.74, 6) is 0.494. The number of likely N-dealkylation sites (tertiary alicyclic amines) is 1. The Balaban J connectivity index is 1.31. The number of nitrogens with one attached hydrogen (secondary N) is 2. The Morgan fingerprint density at radius 3 is 2.81 bits per heavy atom. The number of amides is 1. The van der Waals surface area contributed by atoms with Gasteiger partial charge in [-0.25, -0.2) is 0 Å². The number of aromatic nitrogens is 1. The van der Waals surface area contributed by atoms with Crippen molar-refractivity contribution in [2.45, 2.75) is 57.3 Å². The second kappa shape index (κ2) is 10.2. The summed E-state index contributed by atoms with van der Waals surface area (Å²) in [7, 11) is 0. The van der Waals surface area contributed by atoms with Gasteiger partial charge in [0.25, 0.3) is 0 Å². The lowest BCUT2D eigenvalue weighted by Crippen LogP contribution is -2.51. The van der Waals surface area contributed by atoms with Crippen molar-refractivity contribution in [3.05, 3.63) is 35.0 Å². The van der Waals surface area contributed by atoms with E-state index in [4.69, 9.17) is 10.5 Å². The van der Waals surface area contributed by atoms with E-state index in [0.717, 1.165) is 49.8 Å². The number of ether oxygens (including phenoxy) is 1. The first-order valence-electron chi connectivity index (χ1n) is 13.3. The molecule has 10 heteroatoms. The topological polar surface area (TPSA) is 104 Å². The van der Waals surface area contributed by atoms with Gasteiger partial charge in [-0.15, -0.1) is 0 Å². The Morgan fingerprint density at radius 2 is 2.11 bits per heavy atom. The number of hydrogen-bond acceptors (Lipinski definition) is 5. The van der Waals surface area contributed by atoms with Crippen LogP contribution in [-0.4, -0.2) is 66.4 Å². The van der Waals surface area contributed by atoms with E-state index in [0.29, 0.717) is 49.3 Å². The van der Waals surface area contributed by atoms with E-state index >= 15 is 0 Å². The number of carbonyl (C=O) groups excluding carboxylic acids is 1. The number of benzene rings is 1. The summed E-state index contributed by atoms with van der Waals surface area (Å²) in [6.07, 6.45) is -0.652. The SMILES string of the molecule is C[C@@H](CO)NC(=O)C1(CCN2CC[C@@H]3Cc4[nH]c5ccc(C(F)(F)F)cc5c4[C@H](N)[C@H]3C2)CCOCC1. The number of halogens is 3. The molecule has 0 bridgehead atoms. The lowest BCUT2D eigenvalue weighted by molar-refractivity contribution is -0.139. The van der Waals surface area contributed by atoms with Crippen LogP contribution >= 0.6 is 0 Å². The Bertz CT molecular complexity index is 1130. The van der Waals surface area contributed by atoms with Gasteiger partial charge in [0, 0.05) is 48.4 Å². The van der Waals surface area contributed by atoms with Crippen molar-refractivity contribution in [3.63, 3.8) is 0 Å². The summed E-state index contributed by atoms with van der Waals surface area (Å²) >= 11 is 0. The molecular formula is C27H37F3N4O3. The maximum atomic E-state index is 13.4. The number of carbonyl (C=O) groups is 1. The number of H-pyrrole nitrogens is 1. The van der Waals surface area contributed by atoms with Crippen LogP contribution in [0.25, 0.3) is 10.9 Å². The van der Waals surface area contributed by atoms with E-state index in [-0.39, 0.29) is 30.5 Å². The third kappa shape index (κ3) is 5.13. The molecule has 3 aliphatic rings. The minimum atomic E-state index is -4.40. The molecule has 0 unspecified atom stereocenters. The first kappa shape index (κ1) is 26.5. The molecule has 204 valence electrons. The van der Waals surface area contributed by atoms with Crippen LogP contribution in [0.4, 0.5) is 13.2 Å². The Labute approximate surface area is 214 Å². The molecular weight excluding hydrogens is 485 g/mol. The molecule has 1 aromatic carbocycles. The summed E-state index contributed by atoms with van der Waals surface area (Å²) in [6, 6.07) is 3.21. The molecule has 1 aliphatic carbocycles. The normalized spacial score (nSPS) is 26.9. The van der Waals surface area contributed by atoms with Gasteiger partial charge in [-0.05, 0) is 87.7 Å². The number of aromatic amines is 1. The number of piperidine rings is 1. The van der Waals surface area contributed by atoms with E-state index in [9.17, 15) is 23.1 Å². The average Bonchev–Trinajstić information content (AvgIpc) is 3.25. The molecule has 2 aliphatic heterocycles. The number of aliphatic hydroxyl groups is 1. The highest BCUT2D eigenvalue weighted by molar-refractivity contribution is 5.86. The van der Waals surface area contributed by atoms with Crippen LogP contribution in [0.1, 0.15) is 55.5 Å². The number of rotatable bonds is 6. The van der Waals surface area contributed by atoms with Crippen molar-refractivity contribution in [3.8, 4) is 0 Å². The third-order valence-corrected chi connectivity index (χ3v) is 8.89. The van der Waals surface area contributed by atoms with Crippen LogP contribution < -0.4 is 11.1 Å². The first-order valence-corrected chi connectivity index (χ1v) is 13.3. The summed E-state index contributed by atoms with van der Waals surface area (Å²) < 4.78 is 45.7. The second-order valence-corrected chi connectivity index (χ2v) is 11.2. The van der Waals surface area contributed by atoms with Crippen molar-refractivity contribution in [1.29, 1.82) is 0 Å². The fourth-order valence-electron chi connectivity index (χ4n) is 6.57. The molecule has 4 atom stereocenters. The number of hydrogen-bond donors (Lipinski definition) is 4. The molecule has 1 amide bonds. The van der Waals surface area contributed by atoms with Gasteiger partial charge < -0.3 is 30.8 Å². The lowest BCUT2D eigenvalue weighted by Gasteiger charge is -2.45. The molecule has 37 heavy (non-hydrogen) atoms. The van der Waals surface area contributed by atoms with Gasteiger partial charge in [-0.3, -0.25) is 4.79 Å². The largest absolute Gasteiger partial charge is 0.416 e. The quantitative estimate of drug-likeness (QED) is 0.466. The first-order chi connectivity index (χ1) is 17.6. The molecule has 2 saturated heterocycles. The van der Waals surface area contributed by atoms with E-state index in [2.05, 4.69) is 15.2 Å². The Hall–Kier alpha value is -2.14. The number of aliphatic hydroxyl groups excluding tert-OH is 1. The second-order valence-electron chi connectivity index (χ2n) is 11.2. The molecule has 0 saturated carbocycles. The fraction of sp³-hybridized carbons (Fsp3) is 0.667. The van der Waals surface area contributed by atoms with Crippen molar-refractivity contribution in [2.24, 2.45) is 23.0 Å². The number of alkyl halides is 3. The summed E-state index contributed by atoms with van der Waals surface area (Å²) in [4.78, 5) is 18.9. The Morgan fingerprint density at radius 1 is 1.35 bits per heavy atom. The van der Waals surface area contributed by atoms with Crippen LogP contribution in [0, 0.1) is 17.3 Å². The van der Waals surface area contributed by atoms with Gasteiger partial charge in [0.1, 0.15) is 0 Å². The molecule has 0 spiro atoms. The fourth-order valence-corrected chi connectivity index (χ4v) is 6.57. The highest BCUT2D eigenvalue weighted by atomic mass is 19.4. The maximum Gasteiger partial charge on any atom is 0.416 e. The average molecular weight is 523 g/mol. The Kier molecular flexibility index (Phi) is 7.30. The molecule has 0 radical (unpaired) electrons. The molecule has 5 rings (SSSR count). The zero-order valence-electron chi connectivity index (χ0n) is 21.2. The van der Waals surface area contributed by atoms with Gasteiger partial charge >= 0.3 is 6.18 Å². The highest BCUT2D eigenvalue weighted by Crippen LogP contribution is 2.45. The number of fused-ring (bicyclic) bond motifs is 4. The zero-order valence-corrected chi connectivity index (χ0v) is 21.2. The number of nitrogens with two attached hydrogens (primary N) is 1. The number of nitrogens with zero attached hydrogens (tertiary/aromatic N) is 1. The van der Waals surface area contributed by atoms with Crippen LogP contribution in [0.5, 0.6) is 0 Å². The van der Waals surface area contributed by atoms with Crippen molar-refractivity contribution < 1.29 is 27.8 Å². The standard InChI is InChI=1S/C27H37F3N4O3/c1-16(15-35)32-25(36)26(6-10-37-11-7-26)5-9-34-8-4-17-12-22-23(24(31)20(17)14-34)19-13-18(27(28,29)30)2-3-21(19)33-22/h2-3,13,16-17,20,24,33,35H,4-12,14-15,31H2,1H3,(H,32,36)/t16-,17+,20-,24+/m0/s1. The van der Waals surface area contributed by atoms with Crippen LogP contribution in [0.15, 0.2) is 18.2 Å². The van der Waals surface area contributed by atoms with Crippen molar-refractivity contribution in [1.82, 2.24) is 15.2 Å². The lowest BCUT2D eigenvalue weighted by atomic mass is 9.70. The minimum Gasteiger partial charge on any atom is -0.394 e. The van der Waals surface area contributed by atoms with E-state index in [1.54, 1.807) is 6.92 Å². The van der Waals surface area contributed by atoms with Gasteiger partial charge in [0.05, 0.1) is 17.6 Å². The summed E-state index contributed by atoms with van der Waals surface area (Å²) in [5, 5.41) is 12.9. The molecule has 3 heterocycles. The zero-order chi connectivity index (χ0) is 26.4. The monoisotopic (exact) mass is 522 g/mol. The van der Waals surface area contributed by atoms with Crippen LogP contribution in [-0.2, 0) is 22.1 Å². The van der Waals surface area contributed by atoms with E-state index < -0.39 is 17.2 Å². The molecule has 2 fully saturated rings. The molecule has 1 aromatic heterocycles. The predicted molar refractivity (Wildman–Crippen MR) is 134 cm³/mol. The minimum absolute atomic E-state index is 0.0227. The molecule has 5 N–H and O–H groups in total. The van der Waals surface area contributed by atoms with E-state index in [1.807, 2.05) is 0 Å². The molecule has 7 nitrogen and oxygen atoms in total. The van der Waals surface area contributed by atoms with Gasteiger partial charge in [0.15, 0.2) is 0 Å². The van der Waals surface area contributed by atoms with Crippen molar-refractivity contribution in [2.75, 3.05) is 39.5 Å². The molecule has 2 aromatic rings. The predicted octanol–water partition coefficient (Wildman–Crippen LogP) is 3.36. The highest BCUT2D eigenvalue weighted by Gasteiger charge is 2.43. The summed E-state index contributed by atoms with van der Waals surface area (Å²) in [5.41, 5.74) is 8.09. The maximum absolute atomic E-state index is 13.4. The summed E-state index contributed by atoms with van der Waals surface area (Å²) in [6.45, 7) is 5.18. The van der Waals surface area contributed by atoms with Gasteiger partial charge in [-0.2, -0.15) is 13.2 Å². The third-order valence-electron chi connectivity index (χ3n) is 8.89. The van der Waals surface area contributed by atoms with Crippen molar-refractivity contribution >= 4 is 16.8 Å².